The lowest BCUT2D eigenvalue weighted by molar-refractivity contribution is -0.171. The van der Waals surface area contributed by atoms with Gasteiger partial charge in [-0.1, -0.05) is 64.5 Å². The van der Waals surface area contributed by atoms with Gasteiger partial charge in [0.05, 0.1) is 0 Å². The highest BCUT2D eigenvalue weighted by Crippen LogP contribution is 2.34. The van der Waals surface area contributed by atoms with Gasteiger partial charge in [0, 0.05) is 20.9 Å². The van der Waals surface area contributed by atoms with Crippen molar-refractivity contribution in [3.8, 4) is 11.5 Å². The number of aryl methyl sites for hydroxylation is 8. The summed E-state index contributed by atoms with van der Waals surface area (Å²) in [6, 6.07) is 15.7. The van der Waals surface area contributed by atoms with Crippen LogP contribution in [0.15, 0.2) is 70.5 Å². The smallest absolute Gasteiger partial charge is 0.350 e. The third-order valence-electron chi connectivity index (χ3n) is 11.9. The largest absolute Gasteiger partial charge is 0.478 e. The monoisotopic (exact) mass is 1020 g/mol. The molecule has 0 bridgehead atoms. The summed E-state index contributed by atoms with van der Waals surface area (Å²) < 4.78 is 17.4. The summed E-state index contributed by atoms with van der Waals surface area (Å²) in [4.78, 5) is 52.5. The van der Waals surface area contributed by atoms with Crippen molar-refractivity contribution < 1.29 is 38.5 Å². The Morgan fingerprint density at radius 2 is 0.819 bits per heavy atom. The van der Waals surface area contributed by atoms with Crippen LogP contribution in [0.5, 0.6) is 11.5 Å². The summed E-state index contributed by atoms with van der Waals surface area (Å²) >= 11 is 3.78. The van der Waals surface area contributed by atoms with Crippen molar-refractivity contribution >= 4 is 59.2 Å². The Hall–Kier alpha value is -5.06. The summed E-state index contributed by atoms with van der Waals surface area (Å²) in [5.41, 5.74) is 8.17. The molecule has 0 saturated carbocycles. The van der Waals surface area contributed by atoms with Crippen molar-refractivity contribution in [1.29, 1.82) is 0 Å². The van der Waals surface area contributed by atoms with Gasteiger partial charge in [-0.25, -0.2) is 9.59 Å². The number of aliphatic carboxylic acids is 1. The maximum absolute atomic E-state index is 13.0. The normalized spacial score (nSPS) is 12.0. The molecular formula is C62H84O8S2. The Morgan fingerprint density at radius 3 is 1.12 bits per heavy atom. The van der Waals surface area contributed by atoms with Crippen molar-refractivity contribution in [2.45, 2.75) is 196 Å². The van der Waals surface area contributed by atoms with Gasteiger partial charge in [0.1, 0.15) is 17.1 Å². The Labute approximate surface area is 441 Å². The second-order valence-corrected chi connectivity index (χ2v) is 23.3. The number of allylic oxidation sites excluding steroid dienone is 2. The molecule has 0 saturated heterocycles. The zero-order valence-electron chi connectivity index (χ0n) is 46.6. The predicted molar refractivity (Wildman–Crippen MR) is 303 cm³/mol. The van der Waals surface area contributed by atoms with E-state index in [4.69, 9.17) is 14.2 Å². The highest BCUT2D eigenvalue weighted by molar-refractivity contribution is 7.99. The molecule has 72 heavy (non-hydrogen) atoms. The molecule has 0 spiro atoms. The number of carbonyl (C=O) groups excluding carboxylic acids is 3. The minimum absolute atomic E-state index is 0.0163. The minimum Gasteiger partial charge on any atom is -0.478 e. The first kappa shape index (κ1) is 61.2. The topological polar surface area (TPSA) is 116 Å². The van der Waals surface area contributed by atoms with Crippen LogP contribution in [0.3, 0.4) is 0 Å². The number of hydrogen-bond donors (Lipinski definition) is 1. The highest BCUT2D eigenvalue weighted by Gasteiger charge is 2.36. The van der Waals surface area contributed by atoms with Crippen molar-refractivity contribution in [2.75, 3.05) is 11.5 Å². The molecule has 0 heterocycles. The van der Waals surface area contributed by atoms with E-state index < -0.39 is 28.7 Å². The summed E-state index contributed by atoms with van der Waals surface area (Å²) in [7, 11) is 0. The van der Waals surface area contributed by atoms with E-state index in [-0.39, 0.29) is 11.6 Å². The molecule has 0 amide bonds. The van der Waals surface area contributed by atoms with Crippen LogP contribution in [0, 0.1) is 55.4 Å². The van der Waals surface area contributed by atoms with Gasteiger partial charge < -0.3 is 19.3 Å². The first-order valence-electron chi connectivity index (χ1n) is 25.6. The van der Waals surface area contributed by atoms with Crippen LogP contribution < -0.4 is 9.47 Å². The standard InChI is InChI=1S/C33H46O4S.C29H38O4S/c1-11-12-13-14-17-38-30-24(4)20-27(21-25(30)5)28(34)16-15-26-18-22(2)29(23(3)19-26)36-33(9,10)31(35)37-32(6,7)8;1-8-9-10-11-14-34-27-21(4)17-24(18-22(27)5)25(30)13-12-23-15-19(2)26(20(3)16-23)33-29(6,7)28(31)32/h15-16,18-21H,11-14,17H2,1-10H3;12-13,15-18H,8-11,14H2,1-7H3,(H,31,32)/b16-15+;13-12+. The fraction of sp³-hybridized carbons (Fsp3) is 0.484. The quantitative estimate of drug-likeness (QED) is 0.0239. The van der Waals surface area contributed by atoms with Crippen molar-refractivity contribution in [3.05, 3.63) is 127 Å². The number of benzene rings is 4. The fourth-order valence-corrected chi connectivity index (χ4v) is 10.3. The van der Waals surface area contributed by atoms with Crippen LogP contribution in [0.1, 0.15) is 190 Å². The summed E-state index contributed by atoms with van der Waals surface area (Å²) in [6.07, 6.45) is 16.9. The summed E-state index contributed by atoms with van der Waals surface area (Å²) in [5, 5.41) is 9.35. The number of carboxylic acids is 1. The van der Waals surface area contributed by atoms with E-state index in [0.29, 0.717) is 22.6 Å². The Balaban J connectivity index is 0.000000383. The van der Waals surface area contributed by atoms with Crippen molar-refractivity contribution in [1.82, 2.24) is 0 Å². The molecule has 0 radical (unpaired) electrons. The lowest BCUT2D eigenvalue weighted by Crippen LogP contribution is -2.43. The zero-order chi connectivity index (χ0) is 54.1. The number of ketones is 2. The van der Waals surface area contributed by atoms with E-state index >= 15 is 0 Å². The van der Waals surface area contributed by atoms with Gasteiger partial charge in [0.25, 0.3) is 0 Å². The van der Waals surface area contributed by atoms with Gasteiger partial charge in [0.15, 0.2) is 22.8 Å². The Morgan fingerprint density at radius 1 is 0.486 bits per heavy atom. The van der Waals surface area contributed by atoms with E-state index in [1.807, 2.05) is 127 Å². The molecule has 4 aromatic rings. The highest BCUT2D eigenvalue weighted by atomic mass is 32.2. The van der Waals surface area contributed by atoms with E-state index in [1.165, 1.54) is 75.0 Å². The molecule has 0 aliphatic carbocycles. The SMILES string of the molecule is CCCCCCSc1c(C)cc(C(=O)/C=C/c2cc(C)c(OC(C)(C)C(=O)O)c(C)c2)cc1C.CCCCCCSc1c(C)cc(C(=O)/C=C/c2cc(C)c(OC(C)(C)C(=O)OC(C)(C)C)c(C)c2)cc1C. The van der Waals surface area contributed by atoms with Gasteiger partial charge in [-0.05, 0) is 245 Å². The molecule has 4 rings (SSSR count). The van der Waals surface area contributed by atoms with E-state index in [9.17, 15) is 24.3 Å². The number of rotatable bonds is 24. The van der Waals surface area contributed by atoms with Gasteiger partial charge >= 0.3 is 11.9 Å². The molecule has 1 N–H and O–H groups in total. The number of unbranched alkanes of at least 4 members (excludes halogenated alkanes) is 6. The zero-order valence-corrected chi connectivity index (χ0v) is 48.3. The van der Waals surface area contributed by atoms with Gasteiger partial charge in [0.2, 0.25) is 0 Å². The third-order valence-corrected chi connectivity index (χ3v) is 14.8. The van der Waals surface area contributed by atoms with Crippen LogP contribution in [0.2, 0.25) is 0 Å². The number of thioether (sulfide) groups is 2. The molecular weight excluding hydrogens is 937 g/mol. The van der Waals surface area contributed by atoms with Crippen LogP contribution in [-0.2, 0) is 14.3 Å². The van der Waals surface area contributed by atoms with Gasteiger partial charge in [-0.3, -0.25) is 9.59 Å². The average molecular weight is 1020 g/mol. The number of carbonyl (C=O) groups is 4. The maximum atomic E-state index is 13.0. The first-order chi connectivity index (χ1) is 33.6. The summed E-state index contributed by atoms with van der Waals surface area (Å²) in [5.74, 6) is 1.95. The molecule has 0 aliphatic rings. The van der Waals surface area contributed by atoms with Crippen LogP contribution in [-0.4, -0.2) is 56.9 Å². The second-order valence-electron chi connectivity index (χ2n) is 21.1. The first-order valence-corrected chi connectivity index (χ1v) is 27.6. The predicted octanol–water partition coefficient (Wildman–Crippen LogP) is 16.7. The average Bonchev–Trinajstić information content (AvgIpc) is 3.28. The molecule has 0 aromatic heterocycles. The number of esters is 1. The number of carboxylic acid groups (broad SMARTS) is 1. The molecule has 0 fully saturated rings. The van der Waals surface area contributed by atoms with Crippen LogP contribution in [0.4, 0.5) is 0 Å². The maximum Gasteiger partial charge on any atom is 0.350 e. The van der Waals surface area contributed by atoms with E-state index in [2.05, 4.69) is 41.5 Å². The lowest BCUT2D eigenvalue weighted by Gasteiger charge is -2.30. The summed E-state index contributed by atoms with van der Waals surface area (Å²) in [6.45, 7) is 32.4. The molecule has 8 nitrogen and oxygen atoms in total. The molecule has 392 valence electrons. The van der Waals surface area contributed by atoms with E-state index in [0.717, 1.165) is 67.1 Å². The van der Waals surface area contributed by atoms with Crippen LogP contribution in [0.25, 0.3) is 12.2 Å². The minimum atomic E-state index is -1.32. The third kappa shape index (κ3) is 19.1. The fourth-order valence-electron chi connectivity index (χ4n) is 8.06. The molecule has 0 atom stereocenters. The molecule has 0 unspecified atom stereocenters. The molecule has 4 aromatic carbocycles. The second kappa shape index (κ2) is 27.8. The van der Waals surface area contributed by atoms with Gasteiger partial charge in [-0.15, -0.1) is 23.5 Å². The number of hydrogen-bond acceptors (Lipinski definition) is 9. The van der Waals surface area contributed by atoms with Crippen molar-refractivity contribution in [2.24, 2.45) is 0 Å². The molecule has 10 heteroatoms. The molecule has 0 aliphatic heterocycles. The van der Waals surface area contributed by atoms with E-state index in [1.54, 1.807) is 32.1 Å². The number of ether oxygens (including phenoxy) is 3. The lowest BCUT2D eigenvalue weighted by atomic mass is 10.0. The Bertz CT molecular complexity index is 2500. The van der Waals surface area contributed by atoms with Crippen molar-refractivity contribution in [3.63, 3.8) is 0 Å². The van der Waals surface area contributed by atoms with Gasteiger partial charge in [-0.2, -0.15) is 0 Å². The Kier molecular flexibility index (Phi) is 23.7. The van der Waals surface area contributed by atoms with Crippen LogP contribution >= 0.6 is 23.5 Å².